The highest BCUT2D eigenvalue weighted by molar-refractivity contribution is 9.10. The van der Waals surface area contributed by atoms with Gasteiger partial charge in [-0.15, -0.1) is 0 Å². The molecule has 0 saturated heterocycles. The molecule has 0 radical (unpaired) electrons. The molecular formula is C19H23BrO. The molecule has 0 amide bonds. The van der Waals surface area contributed by atoms with E-state index in [1.54, 1.807) is 0 Å². The van der Waals surface area contributed by atoms with Crippen molar-refractivity contribution >= 4 is 21.7 Å². The Balaban J connectivity index is 1.61. The van der Waals surface area contributed by atoms with Gasteiger partial charge in [0.1, 0.15) is 5.78 Å². The van der Waals surface area contributed by atoms with Gasteiger partial charge in [0.2, 0.25) is 0 Å². The molecule has 0 aliphatic heterocycles. The zero-order valence-corrected chi connectivity index (χ0v) is 14.3. The molecule has 2 unspecified atom stereocenters. The molecule has 4 saturated carbocycles. The monoisotopic (exact) mass is 346 g/mol. The molecule has 4 fully saturated rings. The summed E-state index contributed by atoms with van der Waals surface area (Å²) in [5.74, 6) is 2.15. The molecule has 2 heteroatoms. The first kappa shape index (κ1) is 14.0. The van der Waals surface area contributed by atoms with E-state index in [2.05, 4.69) is 28.9 Å². The second-order valence-corrected chi connectivity index (χ2v) is 9.10. The van der Waals surface area contributed by atoms with Crippen molar-refractivity contribution in [3.05, 3.63) is 34.3 Å². The fourth-order valence-electron chi connectivity index (χ4n) is 6.05. The fourth-order valence-corrected chi connectivity index (χ4v) is 6.47. The van der Waals surface area contributed by atoms with Crippen LogP contribution in [0.4, 0.5) is 0 Å². The first-order valence-electron chi connectivity index (χ1n) is 8.25. The standard InChI is InChI=1S/C19H23BrO/c1-18-8-13-6-14(9-18)11-19(10-13,12-18)17(21)7-15-4-2-3-5-16(15)20/h2-5,13-14H,6-12H2,1H3. The quantitative estimate of drug-likeness (QED) is 0.737. The number of hydrogen-bond acceptors (Lipinski definition) is 1. The third kappa shape index (κ3) is 2.30. The molecule has 2 atom stereocenters. The minimum Gasteiger partial charge on any atom is -0.299 e. The van der Waals surface area contributed by atoms with Crippen molar-refractivity contribution in [1.82, 2.24) is 0 Å². The Hall–Kier alpha value is -0.630. The van der Waals surface area contributed by atoms with Gasteiger partial charge in [-0.3, -0.25) is 4.79 Å². The lowest BCUT2D eigenvalue weighted by Gasteiger charge is -2.60. The fraction of sp³-hybridized carbons (Fsp3) is 0.632. The van der Waals surface area contributed by atoms with Crippen LogP contribution in [0.1, 0.15) is 51.0 Å². The van der Waals surface area contributed by atoms with Crippen molar-refractivity contribution < 1.29 is 4.79 Å². The number of benzene rings is 1. The van der Waals surface area contributed by atoms with E-state index >= 15 is 0 Å². The van der Waals surface area contributed by atoms with Crippen LogP contribution in [0.5, 0.6) is 0 Å². The molecule has 1 aromatic carbocycles. The summed E-state index contributed by atoms with van der Waals surface area (Å²) in [5.41, 5.74) is 1.62. The van der Waals surface area contributed by atoms with Crippen molar-refractivity contribution in [2.24, 2.45) is 22.7 Å². The van der Waals surface area contributed by atoms with Crippen LogP contribution >= 0.6 is 15.9 Å². The SMILES string of the molecule is CC12CC3CC(C1)CC(C(=O)Cc1ccccc1Br)(C3)C2. The number of carbonyl (C=O) groups is 1. The highest BCUT2D eigenvalue weighted by Crippen LogP contribution is 2.65. The zero-order chi connectivity index (χ0) is 14.7. The van der Waals surface area contributed by atoms with Crippen molar-refractivity contribution in [2.45, 2.75) is 51.9 Å². The van der Waals surface area contributed by atoms with Gasteiger partial charge in [0.15, 0.2) is 0 Å². The first-order valence-corrected chi connectivity index (χ1v) is 9.04. The molecule has 0 heterocycles. The summed E-state index contributed by atoms with van der Waals surface area (Å²) in [6, 6.07) is 8.19. The maximum atomic E-state index is 13.1. The lowest BCUT2D eigenvalue weighted by Crippen LogP contribution is -2.54. The molecule has 4 aliphatic rings. The highest BCUT2D eigenvalue weighted by Gasteiger charge is 2.58. The maximum Gasteiger partial charge on any atom is 0.143 e. The summed E-state index contributed by atoms with van der Waals surface area (Å²) < 4.78 is 1.08. The van der Waals surface area contributed by atoms with Gasteiger partial charge >= 0.3 is 0 Å². The molecule has 1 aromatic rings. The van der Waals surface area contributed by atoms with E-state index in [9.17, 15) is 4.79 Å². The number of ketones is 1. The van der Waals surface area contributed by atoms with Crippen molar-refractivity contribution in [3.63, 3.8) is 0 Å². The van der Waals surface area contributed by atoms with Crippen LogP contribution in [0.25, 0.3) is 0 Å². The Morgan fingerprint density at radius 3 is 2.48 bits per heavy atom. The van der Waals surface area contributed by atoms with Gasteiger partial charge < -0.3 is 0 Å². The van der Waals surface area contributed by atoms with Gasteiger partial charge in [-0.25, -0.2) is 0 Å². The third-order valence-electron chi connectivity index (χ3n) is 6.25. The number of rotatable bonds is 3. The Morgan fingerprint density at radius 2 is 1.86 bits per heavy atom. The van der Waals surface area contributed by atoms with E-state index in [1.807, 2.05) is 18.2 Å². The summed E-state index contributed by atoms with van der Waals surface area (Å²) in [6.45, 7) is 2.44. The number of halogens is 1. The average Bonchev–Trinajstić information content (AvgIpc) is 2.38. The van der Waals surface area contributed by atoms with Gasteiger partial charge in [-0.05, 0) is 67.4 Å². The van der Waals surface area contributed by atoms with Gasteiger partial charge in [0, 0.05) is 16.3 Å². The second-order valence-electron chi connectivity index (χ2n) is 8.24. The van der Waals surface area contributed by atoms with E-state index in [-0.39, 0.29) is 5.41 Å². The summed E-state index contributed by atoms with van der Waals surface area (Å²) in [5, 5.41) is 0. The highest BCUT2D eigenvalue weighted by atomic mass is 79.9. The number of hydrogen-bond donors (Lipinski definition) is 0. The Labute approximate surface area is 135 Å². The molecule has 0 aromatic heterocycles. The van der Waals surface area contributed by atoms with Crippen molar-refractivity contribution in [2.75, 3.05) is 0 Å². The van der Waals surface area contributed by atoms with Crippen LogP contribution in [0.3, 0.4) is 0 Å². The molecule has 112 valence electrons. The summed E-state index contributed by atoms with van der Waals surface area (Å²) in [7, 11) is 0. The lowest BCUT2D eigenvalue weighted by molar-refractivity contribution is -0.152. The van der Waals surface area contributed by atoms with E-state index in [4.69, 9.17) is 0 Å². The second kappa shape index (κ2) is 4.68. The third-order valence-corrected chi connectivity index (χ3v) is 7.03. The zero-order valence-electron chi connectivity index (χ0n) is 12.7. The topological polar surface area (TPSA) is 17.1 Å². The molecule has 0 N–H and O–H groups in total. The van der Waals surface area contributed by atoms with Crippen LogP contribution in [-0.2, 0) is 11.2 Å². The maximum absolute atomic E-state index is 13.1. The molecule has 1 nitrogen and oxygen atoms in total. The number of carbonyl (C=O) groups excluding carboxylic acids is 1. The molecular weight excluding hydrogens is 324 g/mol. The van der Waals surface area contributed by atoms with Gasteiger partial charge in [-0.2, -0.15) is 0 Å². The molecule has 4 aliphatic carbocycles. The van der Waals surface area contributed by atoms with E-state index < -0.39 is 0 Å². The normalized spacial score (nSPS) is 40.5. The van der Waals surface area contributed by atoms with Crippen molar-refractivity contribution in [3.8, 4) is 0 Å². The molecule has 5 rings (SSSR count). The van der Waals surface area contributed by atoms with Crippen LogP contribution in [0, 0.1) is 22.7 Å². The van der Waals surface area contributed by atoms with Crippen molar-refractivity contribution in [1.29, 1.82) is 0 Å². The Kier molecular flexibility index (Phi) is 3.12. The van der Waals surface area contributed by atoms with Gasteiger partial charge in [-0.1, -0.05) is 41.1 Å². The van der Waals surface area contributed by atoms with Crippen LogP contribution in [0.15, 0.2) is 28.7 Å². The predicted octanol–water partition coefficient (Wildman–Crippen LogP) is 5.17. The molecule has 4 bridgehead atoms. The Bertz CT molecular complexity index is 577. The van der Waals surface area contributed by atoms with Crippen LogP contribution < -0.4 is 0 Å². The predicted molar refractivity (Wildman–Crippen MR) is 88.1 cm³/mol. The smallest absolute Gasteiger partial charge is 0.143 e. The van der Waals surface area contributed by atoms with Crippen LogP contribution in [0.2, 0.25) is 0 Å². The minimum atomic E-state index is 0.00805. The largest absolute Gasteiger partial charge is 0.299 e. The van der Waals surface area contributed by atoms with E-state index in [1.165, 1.54) is 32.1 Å². The summed E-state index contributed by atoms with van der Waals surface area (Å²) in [4.78, 5) is 13.1. The Morgan fingerprint density at radius 1 is 1.19 bits per heavy atom. The molecule has 0 spiro atoms. The first-order chi connectivity index (χ1) is 9.98. The molecule has 21 heavy (non-hydrogen) atoms. The number of Topliss-reactive ketones (excluding diaryl/α,β-unsaturated/α-hetero) is 1. The van der Waals surface area contributed by atoms with Gasteiger partial charge in [0.25, 0.3) is 0 Å². The lowest BCUT2D eigenvalue weighted by atomic mass is 9.43. The summed E-state index contributed by atoms with van der Waals surface area (Å²) >= 11 is 3.59. The average molecular weight is 347 g/mol. The van der Waals surface area contributed by atoms with Gasteiger partial charge in [0.05, 0.1) is 0 Å². The van der Waals surface area contributed by atoms with Crippen LogP contribution in [-0.4, -0.2) is 5.78 Å². The van der Waals surface area contributed by atoms with E-state index in [0.717, 1.165) is 28.3 Å². The summed E-state index contributed by atoms with van der Waals surface area (Å²) in [6.07, 6.45) is 8.22. The minimum absolute atomic E-state index is 0.00805. The van der Waals surface area contributed by atoms with E-state index in [0.29, 0.717) is 17.6 Å².